The Balaban J connectivity index is 1.85. The number of halogens is 1. The number of hydrogen-bond acceptors (Lipinski definition) is 6. The molecule has 1 aromatic carbocycles. The molecule has 3 aromatic rings. The Morgan fingerprint density at radius 1 is 1.23 bits per heavy atom. The summed E-state index contributed by atoms with van der Waals surface area (Å²) in [6, 6.07) is 8.01. The number of carbonyl (C=O) groups excluding carboxylic acids is 1. The van der Waals surface area contributed by atoms with E-state index in [2.05, 4.69) is 10.3 Å². The summed E-state index contributed by atoms with van der Waals surface area (Å²) in [7, 11) is -0.946. The van der Waals surface area contributed by atoms with Gasteiger partial charge in [0.25, 0.3) is 5.91 Å². The molecule has 0 aliphatic carbocycles. The van der Waals surface area contributed by atoms with Crippen LogP contribution in [0.15, 0.2) is 46.0 Å². The van der Waals surface area contributed by atoms with E-state index < -0.39 is 15.9 Å². The largest absolute Gasteiger partial charge is 0.298 e. The Morgan fingerprint density at radius 3 is 2.65 bits per heavy atom. The predicted octanol–water partition coefficient (Wildman–Crippen LogP) is 4.03. The lowest BCUT2D eigenvalue weighted by Crippen LogP contribution is -2.23. The van der Waals surface area contributed by atoms with Crippen LogP contribution in [0.25, 0.3) is 10.6 Å². The second-order valence-corrected chi connectivity index (χ2v) is 9.74. The van der Waals surface area contributed by atoms with E-state index in [-0.39, 0.29) is 15.5 Å². The van der Waals surface area contributed by atoms with Crippen LogP contribution in [0.2, 0.25) is 5.02 Å². The third kappa shape index (κ3) is 3.81. The van der Waals surface area contributed by atoms with Gasteiger partial charge in [-0.25, -0.2) is 17.7 Å². The number of sulfonamides is 1. The highest BCUT2D eigenvalue weighted by Crippen LogP contribution is 2.29. The Kier molecular flexibility index (Phi) is 5.44. The van der Waals surface area contributed by atoms with Crippen molar-refractivity contribution in [1.29, 1.82) is 0 Å². The van der Waals surface area contributed by atoms with Gasteiger partial charge in [-0.2, -0.15) is 0 Å². The molecule has 0 saturated carbocycles. The number of benzene rings is 1. The topological polar surface area (TPSA) is 79.4 Å². The van der Waals surface area contributed by atoms with Gasteiger partial charge < -0.3 is 0 Å². The number of anilines is 1. The average Bonchev–Trinajstić information content (AvgIpc) is 3.26. The molecule has 1 amide bonds. The smallest absolute Gasteiger partial charge is 0.257 e. The highest BCUT2D eigenvalue weighted by Gasteiger charge is 2.22. The number of thiazole rings is 1. The zero-order valence-corrected chi connectivity index (χ0v) is 17.0. The molecule has 0 fully saturated rings. The number of rotatable bonds is 5. The van der Waals surface area contributed by atoms with Gasteiger partial charge in [-0.15, -0.1) is 22.7 Å². The van der Waals surface area contributed by atoms with Gasteiger partial charge in [0.05, 0.1) is 15.6 Å². The van der Waals surface area contributed by atoms with Gasteiger partial charge in [0, 0.05) is 25.0 Å². The van der Waals surface area contributed by atoms with E-state index in [9.17, 15) is 13.2 Å². The van der Waals surface area contributed by atoms with Crippen molar-refractivity contribution in [2.75, 3.05) is 19.4 Å². The van der Waals surface area contributed by atoms with Crippen LogP contribution in [0.3, 0.4) is 0 Å². The van der Waals surface area contributed by atoms with Gasteiger partial charge in [-0.05, 0) is 29.6 Å². The van der Waals surface area contributed by atoms with Crippen LogP contribution in [-0.2, 0) is 10.0 Å². The summed E-state index contributed by atoms with van der Waals surface area (Å²) in [5.41, 5.74) is 0.968. The van der Waals surface area contributed by atoms with Crippen molar-refractivity contribution in [2.24, 2.45) is 0 Å². The number of aromatic nitrogens is 1. The van der Waals surface area contributed by atoms with Crippen molar-refractivity contribution in [3.8, 4) is 10.6 Å². The minimum atomic E-state index is -3.75. The Morgan fingerprint density at radius 2 is 2.00 bits per heavy atom. The van der Waals surface area contributed by atoms with E-state index in [1.165, 1.54) is 43.6 Å². The molecule has 6 nitrogen and oxygen atoms in total. The molecular formula is C16H14ClN3O3S3. The van der Waals surface area contributed by atoms with Crippen molar-refractivity contribution >= 4 is 55.3 Å². The highest BCUT2D eigenvalue weighted by molar-refractivity contribution is 7.89. The number of nitrogens with zero attached hydrogens (tertiary/aromatic N) is 2. The third-order valence-electron chi connectivity index (χ3n) is 3.45. The van der Waals surface area contributed by atoms with Gasteiger partial charge in [-0.3, -0.25) is 10.1 Å². The van der Waals surface area contributed by atoms with E-state index in [4.69, 9.17) is 11.6 Å². The molecule has 0 bridgehead atoms. The van der Waals surface area contributed by atoms with E-state index in [1.54, 1.807) is 11.3 Å². The molecule has 26 heavy (non-hydrogen) atoms. The van der Waals surface area contributed by atoms with Gasteiger partial charge in [0.1, 0.15) is 4.90 Å². The van der Waals surface area contributed by atoms with E-state index in [0.29, 0.717) is 5.13 Å². The normalized spacial score (nSPS) is 11.7. The molecule has 1 N–H and O–H groups in total. The van der Waals surface area contributed by atoms with Crippen LogP contribution in [0.1, 0.15) is 10.4 Å². The third-order valence-corrected chi connectivity index (χ3v) is 7.40. The fourth-order valence-electron chi connectivity index (χ4n) is 2.08. The summed E-state index contributed by atoms with van der Waals surface area (Å²) in [5, 5.41) is 6.99. The summed E-state index contributed by atoms with van der Waals surface area (Å²) in [5.74, 6) is -0.455. The standard InChI is InChI=1S/C16H14ClN3O3S3/c1-20(2)26(22,23)14-8-10(5-6-11(14)17)15(21)19-16-18-12(9-25-16)13-4-3-7-24-13/h3-9H,1-2H3,(H,18,19,21). The second kappa shape index (κ2) is 7.45. The molecule has 0 saturated heterocycles. The molecule has 0 spiro atoms. The SMILES string of the molecule is CN(C)S(=O)(=O)c1cc(C(=O)Nc2nc(-c3cccs3)cs2)ccc1Cl. The van der Waals surface area contributed by atoms with Gasteiger partial charge in [-0.1, -0.05) is 17.7 Å². The number of thiophene rings is 1. The molecule has 2 aromatic heterocycles. The number of carbonyl (C=O) groups is 1. The highest BCUT2D eigenvalue weighted by atomic mass is 35.5. The predicted molar refractivity (Wildman–Crippen MR) is 106 cm³/mol. The number of amides is 1. The summed E-state index contributed by atoms with van der Waals surface area (Å²) in [4.78, 5) is 17.7. The summed E-state index contributed by atoms with van der Waals surface area (Å²) in [6.45, 7) is 0. The molecule has 2 heterocycles. The van der Waals surface area contributed by atoms with Crippen LogP contribution in [-0.4, -0.2) is 37.7 Å². The maximum atomic E-state index is 12.5. The first-order chi connectivity index (χ1) is 12.3. The molecule has 0 aliphatic rings. The van der Waals surface area contributed by atoms with Crippen LogP contribution in [0, 0.1) is 0 Å². The minimum Gasteiger partial charge on any atom is -0.298 e. The second-order valence-electron chi connectivity index (χ2n) is 5.40. The monoisotopic (exact) mass is 427 g/mol. The van der Waals surface area contributed by atoms with Crippen molar-refractivity contribution in [3.63, 3.8) is 0 Å². The summed E-state index contributed by atoms with van der Waals surface area (Å²) < 4.78 is 25.7. The fourth-order valence-corrected chi connectivity index (χ4v) is 4.94. The van der Waals surface area contributed by atoms with E-state index in [0.717, 1.165) is 14.9 Å². The first-order valence-corrected chi connectivity index (χ1v) is 10.9. The Hall–Kier alpha value is -1.78. The maximum Gasteiger partial charge on any atom is 0.257 e. The molecule has 0 aliphatic heterocycles. The molecule has 0 unspecified atom stereocenters. The van der Waals surface area contributed by atoms with Crippen LogP contribution >= 0.6 is 34.3 Å². The van der Waals surface area contributed by atoms with Crippen LogP contribution in [0.4, 0.5) is 5.13 Å². The Bertz CT molecular complexity index is 1040. The summed E-state index contributed by atoms with van der Waals surface area (Å²) in [6.07, 6.45) is 0. The number of hydrogen-bond donors (Lipinski definition) is 1. The zero-order chi connectivity index (χ0) is 18.9. The lowest BCUT2D eigenvalue weighted by molar-refractivity contribution is 0.102. The van der Waals surface area contributed by atoms with Gasteiger partial charge in [0.2, 0.25) is 10.0 Å². The molecule has 136 valence electrons. The van der Waals surface area contributed by atoms with Crippen molar-refractivity contribution in [2.45, 2.75) is 4.90 Å². The van der Waals surface area contributed by atoms with Crippen molar-refractivity contribution in [3.05, 3.63) is 51.7 Å². The summed E-state index contributed by atoms with van der Waals surface area (Å²) >= 11 is 8.86. The zero-order valence-electron chi connectivity index (χ0n) is 13.8. The van der Waals surface area contributed by atoms with Crippen molar-refractivity contribution in [1.82, 2.24) is 9.29 Å². The van der Waals surface area contributed by atoms with Crippen LogP contribution in [0.5, 0.6) is 0 Å². The van der Waals surface area contributed by atoms with E-state index in [1.807, 2.05) is 22.9 Å². The van der Waals surface area contributed by atoms with Gasteiger partial charge >= 0.3 is 0 Å². The average molecular weight is 428 g/mol. The molecule has 0 atom stereocenters. The first-order valence-electron chi connectivity index (χ1n) is 7.32. The Labute approximate surface area is 164 Å². The molecule has 0 radical (unpaired) electrons. The minimum absolute atomic E-state index is 0.0597. The number of nitrogens with one attached hydrogen (secondary N) is 1. The van der Waals surface area contributed by atoms with Gasteiger partial charge in [0.15, 0.2) is 5.13 Å². The lowest BCUT2D eigenvalue weighted by Gasteiger charge is -2.13. The lowest BCUT2D eigenvalue weighted by atomic mass is 10.2. The molecule has 3 rings (SSSR count). The fraction of sp³-hybridized carbons (Fsp3) is 0.125. The quantitative estimate of drug-likeness (QED) is 0.666. The van der Waals surface area contributed by atoms with Crippen molar-refractivity contribution < 1.29 is 13.2 Å². The maximum absolute atomic E-state index is 12.5. The molecular weight excluding hydrogens is 414 g/mol. The molecule has 10 heteroatoms. The first kappa shape index (κ1) is 19.0. The van der Waals surface area contributed by atoms with E-state index >= 15 is 0 Å². The van der Waals surface area contributed by atoms with Crippen LogP contribution < -0.4 is 5.32 Å².